The molecule has 0 spiro atoms. The highest BCUT2D eigenvalue weighted by Crippen LogP contribution is 2.34. The Bertz CT molecular complexity index is 249. The lowest BCUT2D eigenvalue weighted by Crippen LogP contribution is -2.30. The monoisotopic (exact) mass is 198 g/mol. The third kappa shape index (κ3) is 1.81. The number of hydrogen-bond acceptors (Lipinski definition) is 4. The first-order valence-electron chi connectivity index (χ1n) is 4.92. The molecular formula is C10H14O4. The Morgan fingerprint density at radius 3 is 3.00 bits per heavy atom. The number of carbonyl (C=O) groups is 1. The SMILES string of the molecule is O=C(OCCCO)C1OC2C=CC1C2. The van der Waals surface area contributed by atoms with Crippen molar-refractivity contribution in [2.75, 3.05) is 13.2 Å². The largest absolute Gasteiger partial charge is 0.464 e. The van der Waals surface area contributed by atoms with Gasteiger partial charge in [0.15, 0.2) is 6.10 Å². The molecule has 78 valence electrons. The van der Waals surface area contributed by atoms with Gasteiger partial charge in [0.05, 0.1) is 12.7 Å². The number of hydrogen-bond donors (Lipinski definition) is 1. The van der Waals surface area contributed by atoms with Crippen molar-refractivity contribution in [3.05, 3.63) is 12.2 Å². The fourth-order valence-electron chi connectivity index (χ4n) is 1.86. The Kier molecular flexibility index (Phi) is 2.84. The first-order valence-corrected chi connectivity index (χ1v) is 4.92. The van der Waals surface area contributed by atoms with Gasteiger partial charge in [-0.2, -0.15) is 0 Å². The van der Waals surface area contributed by atoms with Crippen LogP contribution >= 0.6 is 0 Å². The van der Waals surface area contributed by atoms with Crippen LogP contribution in [0.5, 0.6) is 0 Å². The highest BCUT2D eigenvalue weighted by Gasteiger charge is 2.41. The molecule has 4 nitrogen and oxygen atoms in total. The summed E-state index contributed by atoms with van der Waals surface area (Å²) in [5.41, 5.74) is 0. The number of aliphatic hydroxyl groups excluding tert-OH is 1. The molecule has 3 unspecified atom stereocenters. The second-order valence-electron chi connectivity index (χ2n) is 3.62. The van der Waals surface area contributed by atoms with Gasteiger partial charge in [-0.15, -0.1) is 0 Å². The van der Waals surface area contributed by atoms with Crippen LogP contribution in [0.2, 0.25) is 0 Å². The van der Waals surface area contributed by atoms with Crippen molar-refractivity contribution in [1.29, 1.82) is 0 Å². The van der Waals surface area contributed by atoms with Gasteiger partial charge < -0.3 is 14.6 Å². The van der Waals surface area contributed by atoms with Crippen LogP contribution in [-0.4, -0.2) is 36.5 Å². The van der Waals surface area contributed by atoms with E-state index in [9.17, 15) is 4.79 Å². The number of fused-ring (bicyclic) bond motifs is 2. The van der Waals surface area contributed by atoms with E-state index in [2.05, 4.69) is 0 Å². The van der Waals surface area contributed by atoms with Crippen LogP contribution in [0.4, 0.5) is 0 Å². The Labute approximate surface area is 82.5 Å². The summed E-state index contributed by atoms with van der Waals surface area (Å²) in [4.78, 5) is 11.4. The summed E-state index contributed by atoms with van der Waals surface area (Å²) < 4.78 is 10.4. The Balaban J connectivity index is 1.79. The van der Waals surface area contributed by atoms with Crippen LogP contribution in [0.25, 0.3) is 0 Å². The molecule has 1 N–H and O–H groups in total. The fraction of sp³-hybridized carbons (Fsp3) is 0.700. The third-order valence-electron chi connectivity index (χ3n) is 2.57. The van der Waals surface area contributed by atoms with Gasteiger partial charge in [0, 0.05) is 18.9 Å². The maximum Gasteiger partial charge on any atom is 0.335 e. The summed E-state index contributed by atoms with van der Waals surface area (Å²) in [5.74, 6) is -0.100. The quantitative estimate of drug-likeness (QED) is 0.400. The minimum atomic E-state index is -0.413. The van der Waals surface area contributed by atoms with Crippen molar-refractivity contribution in [2.24, 2.45) is 5.92 Å². The summed E-state index contributed by atoms with van der Waals surface area (Å²) in [6.45, 7) is 0.320. The lowest BCUT2D eigenvalue weighted by atomic mass is 10.0. The van der Waals surface area contributed by atoms with Gasteiger partial charge in [0.25, 0.3) is 0 Å². The van der Waals surface area contributed by atoms with Gasteiger partial charge in [-0.05, 0) is 6.42 Å². The Morgan fingerprint density at radius 2 is 2.43 bits per heavy atom. The van der Waals surface area contributed by atoms with Crippen LogP contribution < -0.4 is 0 Å². The second-order valence-corrected chi connectivity index (χ2v) is 3.62. The van der Waals surface area contributed by atoms with Crippen LogP contribution in [0.3, 0.4) is 0 Å². The first-order chi connectivity index (χ1) is 6.81. The molecule has 1 aliphatic heterocycles. The van der Waals surface area contributed by atoms with E-state index >= 15 is 0 Å². The zero-order valence-electron chi connectivity index (χ0n) is 7.89. The normalized spacial score (nSPS) is 33.6. The van der Waals surface area contributed by atoms with E-state index in [1.54, 1.807) is 0 Å². The maximum absolute atomic E-state index is 11.4. The van der Waals surface area contributed by atoms with Crippen molar-refractivity contribution >= 4 is 5.97 Å². The average Bonchev–Trinajstić information content (AvgIpc) is 2.79. The van der Waals surface area contributed by atoms with Gasteiger partial charge in [0.1, 0.15) is 0 Å². The molecule has 0 saturated carbocycles. The molecule has 14 heavy (non-hydrogen) atoms. The van der Waals surface area contributed by atoms with Crippen molar-refractivity contribution in [1.82, 2.24) is 0 Å². The van der Waals surface area contributed by atoms with Crippen molar-refractivity contribution in [2.45, 2.75) is 25.0 Å². The number of rotatable bonds is 4. The lowest BCUT2D eigenvalue weighted by molar-refractivity contribution is -0.157. The summed E-state index contributed by atoms with van der Waals surface area (Å²) >= 11 is 0. The van der Waals surface area contributed by atoms with Gasteiger partial charge in [-0.3, -0.25) is 0 Å². The zero-order valence-corrected chi connectivity index (χ0v) is 7.89. The predicted molar refractivity (Wildman–Crippen MR) is 48.6 cm³/mol. The topological polar surface area (TPSA) is 55.8 Å². The van der Waals surface area contributed by atoms with E-state index < -0.39 is 6.10 Å². The molecule has 1 fully saturated rings. The van der Waals surface area contributed by atoms with Crippen LogP contribution in [0.1, 0.15) is 12.8 Å². The maximum atomic E-state index is 11.4. The summed E-state index contributed by atoms with van der Waals surface area (Å²) in [6.07, 6.45) is 5.09. The summed E-state index contributed by atoms with van der Waals surface area (Å²) in [6, 6.07) is 0. The lowest BCUT2D eigenvalue weighted by Gasteiger charge is -2.16. The van der Waals surface area contributed by atoms with Crippen LogP contribution in [-0.2, 0) is 14.3 Å². The fourth-order valence-corrected chi connectivity index (χ4v) is 1.86. The average molecular weight is 198 g/mol. The number of carbonyl (C=O) groups excluding carboxylic acids is 1. The highest BCUT2D eigenvalue weighted by atomic mass is 16.6. The number of esters is 1. The van der Waals surface area contributed by atoms with Crippen molar-refractivity contribution in [3.8, 4) is 0 Å². The standard InChI is InChI=1S/C10H14O4/c11-4-1-5-13-10(12)9-7-2-3-8(6-7)14-9/h2-3,7-9,11H,1,4-6H2. The molecule has 0 amide bonds. The van der Waals surface area contributed by atoms with Crippen molar-refractivity contribution in [3.63, 3.8) is 0 Å². The molecule has 1 saturated heterocycles. The molecule has 2 rings (SSSR count). The van der Waals surface area contributed by atoms with Gasteiger partial charge in [-0.1, -0.05) is 12.2 Å². The smallest absolute Gasteiger partial charge is 0.335 e. The van der Waals surface area contributed by atoms with E-state index in [4.69, 9.17) is 14.6 Å². The van der Waals surface area contributed by atoms with E-state index in [-0.39, 0.29) is 31.2 Å². The molecular weight excluding hydrogens is 184 g/mol. The molecule has 0 aromatic carbocycles. The van der Waals surface area contributed by atoms with Crippen LogP contribution in [0, 0.1) is 5.92 Å². The zero-order chi connectivity index (χ0) is 9.97. The van der Waals surface area contributed by atoms with E-state index in [1.165, 1.54) is 0 Å². The van der Waals surface area contributed by atoms with Gasteiger partial charge in [-0.25, -0.2) is 4.79 Å². The summed E-state index contributed by atoms with van der Waals surface area (Å²) in [7, 11) is 0. The molecule has 2 aliphatic rings. The Hall–Kier alpha value is -0.870. The third-order valence-corrected chi connectivity index (χ3v) is 2.57. The van der Waals surface area contributed by atoms with Gasteiger partial charge >= 0.3 is 5.97 Å². The van der Waals surface area contributed by atoms with Crippen LogP contribution in [0.15, 0.2) is 12.2 Å². The van der Waals surface area contributed by atoms with Gasteiger partial charge in [0.2, 0.25) is 0 Å². The molecule has 0 aromatic heterocycles. The second kappa shape index (κ2) is 4.11. The number of aliphatic hydroxyl groups is 1. The first kappa shape index (κ1) is 9.68. The summed E-state index contributed by atoms with van der Waals surface area (Å²) in [5, 5.41) is 8.52. The van der Waals surface area contributed by atoms with E-state index in [0.717, 1.165) is 6.42 Å². The molecule has 3 atom stereocenters. The molecule has 0 radical (unpaired) electrons. The minimum Gasteiger partial charge on any atom is -0.464 e. The predicted octanol–water partition coefficient (Wildman–Crippen LogP) is 0.255. The molecule has 0 aromatic rings. The Morgan fingerprint density at radius 1 is 1.57 bits per heavy atom. The molecule has 1 heterocycles. The molecule has 1 aliphatic carbocycles. The van der Waals surface area contributed by atoms with E-state index in [1.807, 2.05) is 12.2 Å². The molecule has 2 bridgehead atoms. The minimum absolute atomic E-state index is 0.0464. The number of ether oxygens (including phenoxy) is 2. The molecule has 4 heteroatoms. The van der Waals surface area contributed by atoms with E-state index in [0.29, 0.717) is 6.42 Å². The highest BCUT2D eigenvalue weighted by molar-refractivity contribution is 5.76. The van der Waals surface area contributed by atoms with Crippen molar-refractivity contribution < 1.29 is 19.4 Å².